The number of carbonyl (C=O) groups is 1. The molecule has 2 heterocycles. The quantitative estimate of drug-likeness (QED) is 0.887. The second-order valence-electron chi connectivity index (χ2n) is 5.30. The molecular formula is C15H18N4O. The van der Waals surface area contributed by atoms with Gasteiger partial charge in [-0.25, -0.2) is 4.98 Å². The van der Waals surface area contributed by atoms with Gasteiger partial charge in [-0.15, -0.1) is 0 Å². The van der Waals surface area contributed by atoms with Crippen LogP contribution in [0.5, 0.6) is 0 Å². The fraction of sp³-hybridized carbons (Fsp3) is 0.400. The van der Waals surface area contributed by atoms with Crippen molar-refractivity contribution in [3.05, 3.63) is 29.7 Å². The lowest BCUT2D eigenvalue weighted by Crippen LogP contribution is -2.29. The number of aromatic nitrogens is 2. The lowest BCUT2D eigenvalue weighted by molar-refractivity contribution is -0.120. The summed E-state index contributed by atoms with van der Waals surface area (Å²) in [4.78, 5) is 20.6. The minimum absolute atomic E-state index is 0.275. The molecule has 20 heavy (non-hydrogen) atoms. The molecule has 104 valence electrons. The molecule has 0 radical (unpaired) electrons. The number of nitrogens with zero attached hydrogens (tertiary/aromatic N) is 2. The van der Waals surface area contributed by atoms with Gasteiger partial charge in [0.05, 0.1) is 11.1 Å². The normalized spacial score (nSPS) is 16.1. The zero-order chi connectivity index (χ0) is 14.3. The number of pyridine rings is 2. The minimum atomic E-state index is -0.538. The topological polar surface area (TPSA) is 80.9 Å². The Morgan fingerprint density at radius 1 is 1.45 bits per heavy atom. The highest BCUT2D eigenvalue weighted by Gasteiger charge is 2.51. The van der Waals surface area contributed by atoms with Crippen LogP contribution in [-0.2, 0) is 16.6 Å². The molecule has 0 spiro atoms. The summed E-state index contributed by atoms with van der Waals surface area (Å²) in [6.07, 6.45) is 4.24. The van der Waals surface area contributed by atoms with Crippen molar-refractivity contribution in [2.75, 3.05) is 12.4 Å². The van der Waals surface area contributed by atoms with Gasteiger partial charge in [0.25, 0.3) is 0 Å². The van der Waals surface area contributed by atoms with E-state index in [2.05, 4.69) is 28.3 Å². The van der Waals surface area contributed by atoms with Gasteiger partial charge >= 0.3 is 0 Å². The summed E-state index contributed by atoms with van der Waals surface area (Å²) in [7, 11) is 1.85. The summed E-state index contributed by atoms with van der Waals surface area (Å²) in [6.45, 7) is 2.07. The number of hydrogen-bond acceptors (Lipinski definition) is 4. The van der Waals surface area contributed by atoms with Crippen molar-refractivity contribution in [3.8, 4) is 0 Å². The molecule has 0 atom stereocenters. The van der Waals surface area contributed by atoms with E-state index >= 15 is 0 Å². The number of fused-ring (bicyclic) bond motifs is 1. The number of amides is 1. The largest absolute Gasteiger partial charge is 0.373 e. The number of nitrogens with two attached hydrogens (primary N) is 1. The zero-order valence-electron chi connectivity index (χ0n) is 11.7. The Kier molecular flexibility index (Phi) is 2.85. The maximum atomic E-state index is 11.6. The van der Waals surface area contributed by atoms with Crippen molar-refractivity contribution in [2.24, 2.45) is 5.73 Å². The van der Waals surface area contributed by atoms with Gasteiger partial charge < -0.3 is 11.1 Å². The van der Waals surface area contributed by atoms with Crippen molar-refractivity contribution >= 4 is 22.5 Å². The molecule has 5 nitrogen and oxygen atoms in total. The lowest BCUT2D eigenvalue weighted by Gasteiger charge is -2.13. The van der Waals surface area contributed by atoms with Gasteiger partial charge in [0, 0.05) is 24.3 Å². The Labute approximate surface area is 117 Å². The highest BCUT2D eigenvalue weighted by atomic mass is 16.1. The number of rotatable bonds is 4. The molecule has 2 aromatic heterocycles. The molecule has 2 aromatic rings. The minimum Gasteiger partial charge on any atom is -0.373 e. The molecule has 0 bridgehead atoms. The average Bonchev–Trinajstić information content (AvgIpc) is 3.27. The van der Waals surface area contributed by atoms with Gasteiger partial charge in [-0.05, 0) is 36.8 Å². The van der Waals surface area contributed by atoms with E-state index in [0.29, 0.717) is 0 Å². The second-order valence-corrected chi connectivity index (χ2v) is 5.30. The first-order valence-corrected chi connectivity index (χ1v) is 6.88. The standard InChI is InChI=1S/C15H18N4O/c1-3-10-6-9-7-12(15(4-5-15)14(16)20)18-8-11(9)13(17-2)19-10/h6-8H,3-5H2,1-2H3,(H2,16,20)(H,17,19). The van der Waals surface area contributed by atoms with Crippen LogP contribution in [0.2, 0.25) is 0 Å². The molecule has 0 aromatic carbocycles. The van der Waals surface area contributed by atoms with E-state index < -0.39 is 5.41 Å². The maximum absolute atomic E-state index is 11.6. The zero-order valence-corrected chi connectivity index (χ0v) is 11.7. The molecule has 3 rings (SSSR count). The third-order valence-electron chi connectivity index (χ3n) is 4.08. The number of carbonyl (C=O) groups excluding carboxylic acids is 1. The van der Waals surface area contributed by atoms with Gasteiger partial charge in [-0.3, -0.25) is 9.78 Å². The van der Waals surface area contributed by atoms with E-state index in [0.717, 1.165) is 47.2 Å². The molecular weight excluding hydrogens is 252 g/mol. The third-order valence-corrected chi connectivity index (χ3v) is 4.08. The van der Waals surface area contributed by atoms with Crippen LogP contribution in [0.25, 0.3) is 10.8 Å². The fourth-order valence-electron chi connectivity index (χ4n) is 2.59. The summed E-state index contributed by atoms with van der Waals surface area (Å²) in [6, 6.07) is 4.03. The Hall–Kier alpha value is -2.17. The number of nitrogens with one attached hydrogen (secondary N) is 1. The highest BCUT2D eigenvalue weighted by molar-refractivity contribution is 5.94. The fourth-order valence-corrected chi connectivity index (χ4v) is 2.59. The van der Waals surface area contributed by atoms with E-state index in [4.69, 9.17) is 5.73 Å². The van der Waals surface area contributed by atoms with Crippen LogP contribution in [0, 0.1) is 0 Å². The predicted octanol–water partition coefficient (Wildman–Crippen LogP) is 1.75. The average molecular weight is 270 g/mol. The Morgan fingerprint density at radius 3 is 2.75 bits per heavy atom. The highest BCUT2D eigenvalue weighted by Crippen LogP contribution is 2.47. The molecule has 0 aliphatic heterocycles. The molecule has 1 aliphatic rings. The lowest BCUT2D eigenvalue weighted by atomic mass is 9.99. The first-order valence-electron chi connectivity index (χ1n) is 6.88. The van der Waals surface area contributed by atoms with Crippen LogP contribution in [0.15, 0.2) is 18.3 Å². The van der Waals surface area contributed by atoms with E-state index in [-0.39, 0.29) is 5.91 Å². The van der Waals surface area contributed by atoms with Crippen LogP contribution in [0.3, 0.4) is 0 Å². The summed E-state index contributed by atoms with van der Waals surface area (Å²) >= 11 is 0. The SMILES string of the molecule is CCc1cc2cc(C3(C(N)=O)CC3)ncc2c(NC)n1. The summed E-state index contributed by atoms with van der Waals surface area (Å²) in [5.41, 5.74) is 6.78. The van der Waals surface area contributed by atoms with Gasteiger partial charge in [-0.2, -0.15) is 0 Å². The molecule has 3 N–H and O–H groups in total. The predicted molar refractivity (Wildman–Crippen MR) is 78.6 cm³/mol. The summed E-state index contributed by atoms with van der Waals surface area (Å²) < 4.78 is 0. The van der Waals surface area contributed by atoms with Crippen LogP contribution in [0.1, 0.15) is 31.2 Å². The molecule has 1 saturated carbocycles. The molecule has 0 saturated heterocycles. The van der Waals surface area contributed by atoms with Crippen LogP contribution in [0.4, 0.5) is 5.82 Å². The molecule has 1 aliphatic carbocycles. The van der Waals surface area contributed by atoms with Crippen molar-refractivity contribution in [1.82, 2.24) is 9.97 Å². The van der Waals surface area contributed by atoms with Crippen LogP contribution >= 0.6 is 0 Å². The number of anilines is 1. The van der Waals surface area contributed by atoms with E-state index in [9.17, 15) is 4.79 Å². The number of primary amides is 1. The van der Waals surface area contributed by atoms with E-state index in [1.807, 2.05) is 13.1 Å². The molecule has 1 fully saturated rings. The second kappa shape index (κ2) is 4.44. The van der Waals surface area contributed by atoms with Crippen molar-refractivity contribution in [1.29, 1.82) is 0 Å². The molecule has 1 amide bonds. The van der Waals surface area contributed by atoms with Crippen LogP contribution in [-0.4, -0.2) is 22.9 Å². The third kappa shape index (κ3) is 1.81. The monoisotopic (exact) mass is 270 g/mol. The number of aryl methyl sites for hydroxylation is 1. The van der Waals surface area contributed by atoms with Gasteiger partial charge in [0.1, 0.15) is 5.82 Å². The first-order chi connectivity index (χ1) is 9.60. The smallest absolute Gasteiger partial charge is 0.229 e. The van der Waals surface area contributed by atoms with Gasteiger partial charge in [-0.1, -0.05) is 6.92 Å². The molecule has 5 heteroatoms. The maximum Gasteiger partial charge on any atom is 0.229 e. The first kappa shape index (κ1) is 12.8. The van der Waals surface area contributed by atoms with Gasteiger partial charge in [0.15, 0.2) is 0 Å². The van der Waals surface area contributed by atoms with E-state index in [1.165, 1.54) is 0 Å². The van der Waals surface area contributed by atoms with Crippen molar-refractivity contribution in [3.63, 3.8) is 0 Å². The summed E-state index contributed by atoms with van der Waals surface area (Å²) in [5.74, 6) is 0.547. The summed E-state index contributed by atoms with van der Waals surface area (Å²) in [5, 5.41) is 5.12. The van der Waals surface area contributed by atoms with Crippen molar-refractivity contribution in [2.45, 2.75) is 31.6 Å². The van der Waals surface area contributed by atoms with E-state index in [1.54, 1.807) is 6.20 Å². The van der Waals surface area contributed by atoms with Crippen molar-refractivity contribution < 1.29 is 4.79 Å². The Balaban J connectivity index is 2.18. The Bertz CT molecular complexity index is 692. The van der Waals surface area contributed by atoms with Crippen LogP contribution < -0.4 is 11.1 Å². The molecule has 0 unspecified atom stereocenters. The van der Waals surface area contributed by atoms with Gasteiger partial charge in [0.2, 0.25) is 5.91 Å². The Morgan fingerprint density at radius 2 is 2.20 bits per heavy atom. The number of hydrogen-bond donors (Lipinski definition) is 2.